The van der Waals surface area contributed by atoms with E-state index in [1.165, 1.54) is 18.1 Å². The number of nitrogens with zero attached hydrogens (tertiary/aromatic N) is 3. The lowest BCUT2D eigenvalue weighted by atomic mass is 9.64. The van der Waals surface area contributed by atoms with Crippen molar-refractivity contribution in [1.82, 2.24) is 14.5 Å². The van der Waals surface area contributed by atoms with E-state index in [9.17, 15) is 29.0 Å². The van der Waals surface area contributed by atoms with Crippen LogP contribution in [-0.2, 0) is 32.5 Å². The molecule has 0 saturated carbocycles. The summed E-state index contributed by atoms with van der Waals surface area (Å²) in [5.41, 5.74) is 9.09. The molecule has 57 heavy (non-hydrogen) atoms. The lowest BCUT2D eigenvalue weighted by molar-refractivity contribution is -0.123. The Hall–Kier alpha value is -5.15. The van der Waals surface area contributed by atoms with Crippen molar-refractivity contribution in [3.8, 4) is 5.75 Å². The number of fused-ring (bicyclic) bond motifs is 1. The summed E-state index contributed by atoms with van der Waals surface area (Å²) in [5.74, 6) is -0.677. The van der Waals surface area contributed by atoms with Crippen molar-refractivity contribution in [2.45, 2.75) is 82.3 Å². The van der Waals surface area contributed by atoms with Crippen molar-refractivity contribution >= 4 is 17.8 Å². The smallest absolute Gasteiger partial charge is 0.412 e. The molecule has 1 aromatic heterocycles. The fourth-order valence-corrected chi connectivity index (χ4v) is 8.02. The Morgan fingerprint density at radius 3 is 2.37 bits per heavy atom. The van der Waals surface area contributed by atoms with E-state index in [1.54, 1.807) is 0 Å². The summed E-state index contributed by atoms with van der Waals surface area (Å²) in [5, 5.41) is 21.6. The highest BCUT2D eigenvalue weighted by atomic mass is 19.1. The van der Waals surface area contributed by atoms with E-state index in [1.807, 2.05) is 67.6 Å². The molecule has 0 bridgehead atoms. The number of nitrogens with two attached hydrogens (primary N) is 1. The molecule has 3 aliphatic heterocycles. The molecule has 0 spiro atoms. The summed E-state index contributed by atoms with van der Waals surface area (Å²) in [6.45, 7) is 7.30. The van der Waals surface area contributed by atoms with Crippen LogP contribution in [0.2, 0.25) is 0 Å². The van der Waals surface area contributed by atoms with Crippen molar-refractivity contribution in [3.63, 3.8) is 0 Å². The van der Waals surface area contributed by atoms with Gasteiger partial charge in [0.25, 0.3) is 0 Å². The van der Waals surface area contributed by atoms with Gasteiger partial charge in [0.2, 0.25) is 5.91 Å². The van der Waals surface area contributed by atoms with Crippen LogP contribution in [0.1, 0.15) is 68.0 Å². The zero-order valence-electron chi connectivity index (χ0n) is 32.4. The van der Waals surface area contributed by atoms with Gasteiger partial charge in [0.1, 0.15) is 23.4 Å². The maximum atomic E-state index is 14.1. The molecule has 7 rings (SSSR count). The van der Waals surface area contributed by atoms with Gasteiger partial charge >= 0.3 is 11.8 Å². The Morgan fingerprint density at radius 2 is 1.74 bits per heavy atom. The first kappa shape index (κ1) is 41.5. The molecule has 0 aliphatic carbocycles. The molecular formula is C43H52FN5O8. The summed E-state index contributed by atoms with van der Waals surface area (Å²) in [6, 6.07) is 26.7. The van der Waals surface area contributed by atoms with Gasteiger partial charge in [0.05, 0.1) is 25.5 Å². The summed E-state index contributed by atoms with van der Waals surface area (Å²) >= 11 is 0. The molecule has 304 valence electrons. The average molecular weight is 786 g/mol. The van der Waals surface area contributed by atoms with Crippen LogP contribution < -0.4 is 21.5 Å². The number of amides is 2. The number of primary amides is 1. The maximum Gasteiger partial charge on any atom is 0.412 e. The SMILES string of the molecule is CCCCCOC(=O)Nc1nc(=O)n([C@@H]2O[C@H](C)[C@@H](O)[C@H]2O)cc1F.NC(=O)C(c1ccccc1)(c1ccccc1)[C@@H]1CCN(CCc2ccc3c(c2)CCO3)C1. The highest BCUT2D eigenvalue weighted by molar-refractivity contribution is 5.91. The molecule has 4 aromatic rings. The van der Waals surface area contributed by atoms with Gasteiger partial charge in [-0.1, -0.05) is 92.6 Å². The van der Waals surface area contributed by atoms with E-state index in [-0.39, 0.29) is 18.4 Å². The molecule has 5 atom stereocenters. The number of likely N-dealkylation sites (tertiary alicyclic amines) is 1. The summed E-state index contributed by atoms with van der Waals surface area (Å²) in [4.78, 5) is 42.7. The number of benzene rings is 3. The van der Waals surface area contributed by atoms with E-state index in [0.29, 0.717) is 6.42 Å². The molecule has 2 saturated heterocycles. The number of aliphatic hydroxyl groups is 2. The normalized spacial score (nSPS) is 21.6. The van der Waals surface area contributed by atoms with E-state index in [2.05, 4.69) is 33.4 Å². The van der Waals surface area contributed by atoms with Crippen LogP contribution in [-0.4, -0.2) is 87.8 Å². The topological polar surface area (TPSA) is 178 Å². The Kier molecular flexibility index (Phi) is 13.7. The number of anilines is 1. The van der Waals surface area contributed by atoms with Crippen molar-refractivity contribution < 1.29 is 38.4 Å². The number of halogens is 1. The highest BCUT2D eigenvalue weighted by Crippen LogP contribution is 2.43. The maximum absolute atomic E-state index is 14.1. The van der Waals surface area contributed by atoms with E-state index < -0.39 is 53.4 Å². The second kappa shape index (κ2) is 18.9. The van der Waals surface area contributed by atoms with Crippen molar-refractivity contribution in [2.75, 3.05) is 38.2 Å². The van der Waals surface area contributed by atoms with Gasteiger partial charge in [0, 0.05) is 19.5 Å². The first-order valence-electron chi connectivity index (χ1n) is 19.6. The minimum atomic E-state index is -1.41. The fourth-order valence-electron chi connectivity index (χ4n) is 8.02. The second-order valence-electron chi connectivity index (χ2n) is 14.8. The van der Waals surface area contributed by atoms with Gasteiger partial charge in [0.15, 0.2) is 17.9 Å². The molecule has 14 heteroatoms. The van der Waals surface area contributed by atoms with E-state index >= 15 is 0 Å². The van der Waals surface area contributed by atoms with Gasteiger partial charge in [-0.2, -0.15) is 4.98 Å². The number of hydrogen-bond donors (Lipinski definition) is 4. The fraction of sp³-hybridized carbons (Fsp3) is 0.442. The zero-order valence-corrected chi connectivity index (χ0v) is 32.4. The number of carbonyl (C=O) groups is 2. The first-order valence-corrected chi connectivity index (χ1v) is 19.6. The molecule has 3 aromatic carbocycles. The standard InChI is InChI=1S/C28H30N2O2.C15H22FN3O6/c29-27(31)28(23-7-3-1-4-8-23,24-9-5-2-6-10-24)25-14-17-30(20-25)16-13-21-11-12-26-22(19-21)15-18-32-26;1-3-4-5-6-24-15(23)18-12-9(16)7-19(14(22)17-12)13-11(21)10(20)8(2)25-13/h1-12,19,25H,13-18,20H2,(H2,29,31);7-8,10-11,13,20-21H,3-6H2,1-2H3,(H,17,18,22,23)/t25-;8-,10-,11-,13-/m11/s1. The number of ether oxygens (including phenoxy) is 3. The Bertz CT molecular complexity index is 1990. The summed E-state index contributed by atoms with van der Waals surface area (Å²) in [7, 11) is 0. The van der Waals surface area contributed by atoms with Crippen LogP contribution in [0.5, 0.6) is 5.75 Å². The molecule has 3 aliphatic rings. The zero-order chi connectivity index (χ0) is 40.5. The summed E-state index contributed by atoms with van der Waals surface area (Å²) < 4.78 is 30.6. The largest absolute Gasteiger partial charge is 0.493 e. The third-order valence-electron chi connectivity index (χ3n) is 11.1. The number of unbranched alkanes of at least 4 members (excludes halogenated alkanes) is 2. The van der Waals surface area contributed by atoms with Crippen LogP contribution in [0.3, 0.4) is 0 Å². The van der Waals surface area contributed by atoms with Crippen LogP contribution >= 0.6 is 0 Å². The van der Waals surface area contributed by atoms with Gasteiger partial charge in [-0.25, -0.2) is 14.0 Å². The Labute approximate surface area is 331 Å². The van der Waals surface area contributed by atoms with Crippen molar-refractivity contribution in [3.05, 3.63) is 124 Å². The monoisotopic (exact) mass is 785 g/mol. The molecule has 0 radical (unpaired) electrons. The van der Waals surface area contributed by atoms with E-state index in [4.69, 9.17) is 19.9 Å². The molecule has 0 unspecified atom stereocenters. The summed E-state index contributed by atoms with van der Waals surface area (Å²) in [6.07, 6.45) is 0.703. The number of rotatable bonds is 13. The molecule has 2 fully saturated rings. The Morgan fingerprint density at radius 1 is 1.04 bits per heavy atom. The number of carbonyl (C=O) groups excluding carboxylic acids is 2. The van der Waals surface area contributed by atoms with Crippen LogP contribution in [0, 0.1) is 11.7 Å². The number of nitrogens with one attached hydrogen (secondary N) is 1. The van der Waals surface area contributed by atoms with Crippen molar-refractivity contribution in [1.29, 1.82) is 0 Å². The van der Waals surface area contributed by atoms with Gasteiger partial charge in [-0.3, -0.25) is 14.7 Å². The quantitative estimate of drug-likeness (QED) is 0.139. The molecule has 4 heterocycles. The lowest BCUT2D eigenvalue weighted by Crippen LogP contribution is -2.49. The molecule has 5 N–H and O–H groups in total. The first-order chi connectivity index (χ1) is 27.5. The molecule has 2 amide bonds. The third kappa shape index (κ3) is 9.36. The van der Waals surface area contributed by atoms with Crippen LogP contribution in [0.25, 0.3) is 0 Å². The van der Waals surface area contributed by atoms with E-state index in [0.717, 1.165) is 86.0 Å². The number of hydrogen-bond acceptors (Lipinski definition) is 10. The highest BCUT2D eigenvalue weighted by Gasteiger charge is 2.49. The minimum Gasteiger partial charge on any atom is -0.493 e. The van der Waals surface area contributed by atoms with Crippen LogP contribution in [0.15, 0.2) is 89.9 Å². The minimum absolute atomic E-state index is 0.137. The predicted octanol–water partition coefficient (Wildman–Crippen LogP) is 4.72. The third-order valence-corrected chi connectivity index (χ3v) is 11.1. The number of aromatic nitrogens is 2. The molecular weight excluding hydrogens is 733 g/mol. The predicted molar refractivity (Wildman–Crippen MR) is 211 cm³/mol. The van der Waals surface area contributed by atoms with Gasteiger partial charge in [-0.15, -0.1) is 0 Å². The van der Waals surface area contributed by atoms with Gasteiger partial charge < -0.3 is 35.1 Å². The number of aliphatic hydroxyl groups excluding tert-OH is 2. The lowest BCUT2D eigenvalue weighted by Gasteiger charge is -2.37. The second-order valence-corrected chi connectivity index (χ2v) is 14.8. The Balaban J connectivity index is 0.000000200. The average Bonchev–Trinajstić information content (AvgIpc) is 3.95. The van der Waals surface area contributed by atoms with Gasteiger partial charge in [-0.05, 0) is 67.0 Å². The van der Waals surface area contributed by atoms with Crippen molar-refractivity contribution in [2.24, 2.45) is 11.7 Å². The van der Waals surface area contributed by atoms with Crippen LogP contribution in [0.4, 0.5) is 15.0 Å². The molecule has 13 nitrogen and oxygen atoms in total.